The fourth-order valence-corrected chi connectivity index (χ4v) is 3.33. The second-order valence-electron chi connectivity index (χ2n) is 4.47. The molecule has 0 aliphatic carbocycles. The summed E-state index contributed by atoms with van der Waals surface area (Å²) in [4.78, 5) is 1.39. The van der Waals surface area contributed by atoms with Crippen molar-refractivity contribution in [3.8, 4) is 0 Å². The van der Waals surface area contributed by atoms with Gasteiger partial charge in [-0.2, -0.15) is 0 Å². The molecule has 1 N–H and O–H groups in total. The largest absolute Gasteiger partial charge is 0.313 e. The van der Waals surface area contributed by atoms with E-state index in [2.05, 4.69) is 25.2 Å². The van der Waals surface area contributed by atoms with Gasteiger partial charge in [0.2, 0.25) is 0 Å². The maximum absolute atomic E-state index is 5.97. The molecular weight excluding hydrogens is 214 g/mol. The van der Waals surface area contributed by atoms with Crippen LogP contribution < -0.4 is 5.32 Å². The molecule has 0 bridgehead atoms. The van der Waals surface area contributed by atoms with Gasteiger partial charge in [0.1, 0.15) is 0 Å². The molecular formula is C11H16ClNS. The SMILES string of the molecule is CC(C)(c1ccc(Cl)s1)C1CCCN1. The first-order valence-electron chi connectivity index (χ1n) is 5.10. The summed E-state index contributed by atoms with van der Waals surface area (Å²) in [5.41, 5.74) is 0.217. The van der Waals surface area contributed by atoms with Gasteiger partial charge >= 0.3 is 0 Å². The lowest BCUT2D eigenvalue weighted by molar-refractivity contribution is 0.383. The molecule has 2 rings (SSSR count). The number of rotatable bonds is 2. The van der Waals surface area contributed by atoms with Gasteiger partial charge in [-0.25, -0.2) is 0 Å². The third kappa shape index (κ3) is 1.83. The molecule has 0 saturated carbocycles. The lowest BCUT2D eigenvalue weighted by Gasteiger charge is -2.30. The van der Waals surface area contributed by atoms with E-state index in [1.54, 1.807) is 11.3 Å². The summed E-state index contributed by atoms with van der Waals surface area (Å²) in [7, 11) is 0. The summed E-state index contributed by atoms with van der Waals surface area (Å²) >= 11 is 7.68. The average molecular weight is 230 g/mol. The van der Waals surface area contributed by atoms with Gasteiger partial charge < -0.3 is 5.32 Å². The molecule has 14 heavy (non-hydrogen) atoms. The highest BCUT2D eigenvalue weighted by molar-refractivity contribution is 7.16. The van der Waals surface area contributed by atoms with Crippen LogP contribution >= 0.6 is 22.9 Å². The number of nitrogens with one attached hydrogen (secondary N) is 1. The lowest BCUT2D eigenvalue weighted by Crippen LogP contribution is -2.40. The minimum absolute atomic E-state index is 0.217. The van der Waals surface area contributed by atoms with Crippen molar-refractivity contribution >= 4 is 22.9 Å². The molecule has 1 atom stereocenters. The average Bonchev–Trinajstić information content (AvgIpc) is 2.72. The predicted octanol–water partition coefficient (Wildman–Crippen LogP) is 3.43. The zero-order valence-corrected chi connectivity index (χ0v) is 10.2. The van der Waals surface area contributed by atoms with Crippen LogP contribution in [-0.4, -0.2) is 12.6 Å². The Morgan fingerprint density at radius 3 is 2.79 bits per heavy atom. The first-order valence-corrected chi connectivity index (χ1v) is 6.29. The smallest absolute Gasteiger partial charge is 0.0931 e. The van der Waals surface area contributed by atoms with Crippen LogP contribution in [0.3, 0.4) is 0 Å². The molecule has 2 heterocycles. The first-order chi connectivity index (χ1) is 6.60. The molecule has 0 spiro atoms. The topological polar surface area (TPSA) is 12.0 Å². The Bertz CT molecular complexity index is 313. The molecule has 1 unspecified atom stereocenters. The molecule has 78 valence electrons. The molecule has 0 amide bonds. The summed E-state index contributed by atoms with van der Waals surface area (Å²) in [5, 5.41) is 3.57. The lowest BCUT2D eigenvalue weighted by atomic mass is 9.82. The highest BCUT2D eigenvalue weighted by atomic mass is 35.5. The number of hydrogen-bond donors (Lipinski definition) is 1. The van der Waals surface area contributed by atoms with Gasteiger partial charge in [0, 0.05) is 16.3 Å². The van der Waals surface area contributed by atoms with Crippen LogP contribution in [0, 0.1) is 0 Å². The fraction of sp³-hybridized carbons (Fsp3) is 0.636. The van der Waals surface area contributed by atoms with Crippen molar-refractivity contribution in [2.75, 3.05) is 6.54 Å². The third-order valence-corrected chi connectivity index (χ3v) is 4.71. The number of halogens is 1. The van der Waals surface area contributed by atoms with Gasteiger partial charge in [-0.05, 0) is 31.5 Å². The van der Waals surface area contributed by atoms with Crippen LogP contribution in [0.15, 0.2) is 12.1 Å². The molecule has 0 radical (unpaired) electrons. The zero-order valence-electron chi connectivity index (χ0n) is 8.64. The monoisotopic (exact) mass is 229 g/mol. The standard InChI is InChI=1S/C11H16ClNS/c1-11(2,8-4-3-7-13-8)9-5-6-10(12)14-9/h5-6,8,13H,3-4,7H2,1-2H3. The number of thiophene rings is 1. The van der Waals surface area contributed by atoms with E-state index >= 15 is 0 Å². The molecule has 1 aliphatic heterocycles. The van der Waals surface area contributed by atoms with E-state index in [-0.39, 0.29) is 5.41 Å². The molecule has 0 aromatic carbocycles. The van der Waals surface area contributed by atoms with E-state index in [1.807, 2.05) is 6.07 Å². The van der Waals surface area contributed by atoms with Crippen LogP contribution in [0.2, 0.25) is 4.34 Å². The normalized spacial score (nSPS) is 22.9. The van der Waals surface area contributed by atoms with Crippen LogP contribution in [0.5, 0.6) is 0 Å². The first kappa shape index (κ1) is 10.5. The Kier molecular flexibility index (Phi) is 2.87. The second kappa shape index (κ2) is 3.84. The molecule has 1 aromatic rings. The van der Waals surface area contributed by atoms with Crippen molar-refractivity contribution in [1.82, 2.24) is 5.32 Å². The Morgan fingerprint density at radius 1 is 1.50 bits per heavy atom. The van der Waals surface area contributed by atoms with Gasteiger partial charge in [0.15, 0.2) is 0 Å². The molecule has 3 heteroatoms. The van der Waals surface area contributed by atoms with E-state index in [0.717, 1.165) is 10.9 Å². The summed E-state index contributed by atoms with van der Waals surface area (Å²) in [6.45, 7) is 5.77. The highest BCUT2D eigenvalue weighted by Gasteiger charge is 2.34. The summed E-state index contributed by atoms with van der Waals surface area (Å²) in [6.07, 6.45) is 2.58. The van der Waals surface area contributed by atoms with E-state index in [1.165, 1.54) is 17.7 Å². The summed E-state index contributed by atoms with van der Waals surface area (Å²) in [5.74, 6) is 0. The van der Waals surface area contributed by atoms with Gasteiger partial charge in [0.05, 0.1) is 4.34 Å². The van der Waals surface area contributed by atoms with Gasteiger partial charge in [-0.1, -0.05) is 25.4 Å². The second-order valence-corrected chi connectivity index (χ2v) is 6.19. The van der Waals surface area contributed by atoms with Crippen molar-refractivity contribution in [3.05, 3.63) is 21.3 Å². The summed E-state index contributed by atoms with van der Waals surface area (Å²) in [6, 6.07) is 4.77. The minimum atomic E-state index is 0.217. The van der Waals surface area contributed by atoms with Crippen molar-refractivity contribution in [1.29, 1.82) is 0 Å². The van der Waals surface area contributed by atoms with Crippen LogP contribution in [-0.2, 0) is 5.41 Å². The quantitative estimate of drug-likeness (QED) is 0.820. The highest BCUT2D eigenvalue weighted by Crippen LogP contribution is 2.37. The summed E-state index contributed by atoms with van der Waals surface area (Å²) < 4.78 is 0.895. The van der Waals surface area contributed by atoms with Crippen LogP contribution in [0.4, 0.5) is 0 Å². The number of hydrogen-bond acceptors (Lipinski definition) is 2. The van der Waals surface area contributed by atoms with Crippen molar-refractivity contribution < 1.29 is 0 Å². The third-order valence-electron chi connectivity index (χ3n) is 3.14. The fourth-order valence-electron chi connectivity index (χ4n) is 2.13. The Balaban J connectivity index is 2.22. The van der Waals surface area contributed by atoms with Gasteiger partial charge in [-0.3, -0.25) is 0 Å². The Morgan fingerprint density at radius 2 is 2.29 bits per heavy atom. The predicted molar refractivity (Wildman–Crippen MR) is 63.4 cm³/mol. The van der Waals surface area contributed by atoms with E-state index in [4.69, 9.17) is 11.6 Å². The maximum Gasteiger partial charge on any atom is 0.0931 e. The van der Waals surface area contributed by atoms with Crippen LogP contribution in [0.25, 0.3) is 0 Å². The van der Waals surface area contributed by atoms with Crippen molar-refractivity contribution in [3.63, 3.8) is 0 Å². The Labute approximate surface area is 94.5 Å². The van der Waals surface area contributed by atoms with E-state index < -0.39 is 0 Å². The van der Waals surface area contributed by atoms with Crippen molar-refractivity contribution in [2.45, 2.75) is 38.1 Å². The van der Waals surface area contributed by atoms with E-state index in [0.29, 0.717) is 6.04 Å². The van der Waals surface area contributed by atoms with E-state index in [9.17, 15) is 0 Å². The van der Waals surface area contributed by atoms with Gasteiger partial charge in [-0.15, -0.1) is 11.3 Å². The van der Waals surface area contributed by atoms with Gasteiger partial charge in [0.25, 0.3) is 0 Å². The molecule has 1 aromatic heterocycles. The molecule has 1 saturated heterocycles. The molecule has 1 aliphatic rings. The zero-order chi connectivity index (χ0) is 10.2. The minimum Gasteiger partial charge on any atom is -0.313 e. The molecule has 1 fully saturated rings. The molecule has 1 nitrogen and oxygen atoms in total. The van der Waals surface area contributed by atoms with Crippen LogP contribution in [0.1, 0.15) is 31.6 Å². The van der Waals surface area contributed by atoms with Crippen molar-refractivity contribution in [2.24, 2.45) is 0 Å². The Hall–Kier alpha value is -0.0500. The maximum atomic E-state index is 5.97.